The Morgan fingerprint density at radius 2 is 1.14 bits per heavy atom. The highest BCUT2D eigenvalue weighted by molar-refractivity contribution is 6.84. The summed E-state index contributed by atoms with van der Waals surface area (Å²) < 4.78 is 20.7. The van der Waals surface area contributed by atoms with Gasteiger partial charge < -0.3 is 14.0 Å². The Labute approximate surface area is 321 Å². The molecule has 2 aliphatic rings. The molecule has 7 heteroatoms. The lowest BCUT2D eigenvalue weighted by molar-refractivity contribution is 0.479. The molecule has 6 nitrogen and oxygen atoms in total. The first-order valence-corrected chi connectivity index (χ1v) is 19.0. The molecule has 0 unspecified atom stereocenters. The zero-order chi connectivity index (χ0) is 36.5. The van der Waals surface area contributed by atoms with E-state index >= 15 is 0 Å². The molecule has 8 aromatic carbocycles. The number of aromatic nitrogens is 4. The highest BCUT2D eigenvalue weighted by Crippen LogP contribution is 2.42. The molecule has 0 amide bonds. The van der Waals surface area contributed by atoms with Crippen LogP contribution in [0.15, 0.2) is 176 Å². The summed E-state index contributed by atoms with van der Waals surface area (Å²) in [5.41, 5.74) is 15.1. The number of rotatable bonds is 3. The number of hydrogen-bond acceptors (Lipinski definition) is 3. The van der Waals surface area contributed by atoms with Gasteiger partial charge >= 0.3 is 6.92 Å². The van der Waals surface area contributed by atoms with Crippen molar-refractivity contribution in [3.05, 3.63) is 176 Å². The van der Waals surface area contributed by atoms with Gasteiger partial charge in [-0.05, 0) is 83.4 Å². The summed E-state index contributed by atoms with van der Waals surface area (Å²) in [6, 6.07) is 62.2. The van der Waals surface area contributed by atoms with E-state index in [1.54, 1.807) is 0 Å². The fourth-order valence-electron chi connectivity index (χ4n) is 9.29. The first-order chi connectivity index (χ1) is 27.8. The Balaban J connectivity index is 0.979. The lowest BCUT2D eigenvalue weighted by Gasteiger charge is -2.33. The van der Waals surface area contributed by atoms with E-state index in [4.69, 9.17) is 14.4 Å². The smallest absolute Gasteiger partial charge is 0.434 e. The summed E-state index contributed by atoms with van der Waals surface area (Å²) in [6.07, 6.45) is 0. The van der Waals surface area contributed by atoms with Crippen LogP contribution in [0.25, 0.3) is 83.3 Å². The van der Waals surface area contributed by atoms with Gasteiger partial charge in [0, 0.05) is 39.0 Å². The first-order valence-electron chi connectivity index (χ1n) is 19.0. The van der Waals surface area contributed by atoms with Crippen molar-refractivity contribution in [2.24, 2.45) is 0 Å². The minimum atomic E-state index is -0.344. The van der Waals surface area contributed by atoms with E-state index in [1.807, 2.05) is 12.1 Å². The van der Waals surface area contributed by atoms with Crippen LogP contribution < -0.4 is 20.3 Å². The van der Waals surface area contributed by atoms with Gasteiger partial charge in [-0.2, -0.15) is 0 Å². The zero-order valence-corrected chi connectivity index (χ0v) is 29.9. The highest BCUT2D eigenvalue weighted by Gasteiger charge is 2.41. The third-order valence-electron chi connectivity index (χ3n) is 11.7. The number of imidazole rings is 2. The lowest BCUT2D eigenvalue weighted by atomic mass is 9.50. The molecule has 260 valence electrons. The molecule has 13 rings (SSSR count). The van der Waals surface area contributed by atoms with E-state index in [0.717, 1.165) is 89.6 Å². The van der Waals surface area contributed by atoms with E-state index in [2.05, 4.69) is 177 Å². The second-order valence-electron chi connectivity index (χ2n) is 14.7. The van der Waals surface area contributed by atoms with Crippen LogP contribution in [0.3, 0.4) is 0 Å². The number of ether oxygens (including phenoxy) is 1. The number of hydrogen-bond donors (Lipinski definition) is 0. The normalized spacial score (nSPS) is 12.9. The van der Waals surface area contributed by atoms with Gasteiger partial charge in [-0.1, -0.05) is 103 Å². The minimum Gasteiger partial charge on any atom is -0.551 e. The molecule has 3 aromatic heterocycles. The fourth-order valence-corrected chi connectivity index (χ4v) is 9.29. The van der Waals surface area contributed by atoms with Gasteiger partial charge in [-0.15, -0.1) is 0 Å². The summed E-state index contributed by atoms with van der Waals surface area (Å²) in [7, 11) is 0. The van der Waals surface area contributed by atoms with Gasteiger partial charge in [0.15, 0.2) is 0 Å². The zero-order valence-electron chi connectivity index (χ0n) is 29.9. The average Bonchev–Trinajstić information content (AvgIpc) is 3.90. The predicted molar refractivity (Wildman–Crippen MR) is 227 cm³/mol. The molecule has 0 fully saturated rings. The van der Waals surface area contributed by atoms with Crippen molar-refractivity contribution < 1.29 is 9.39 Å². The molecule has 0 radical (unpaired) electrons. The van der Waals surface area contributed by atoms with Crippen molar-refractivity contribution in [3.63, 3.8) is 0 Å². The number of fused-ring (bicyclic) bond motifs is 12. The molecule has 0 spiro atoms. The molecule has 0 saturated carbocycles. The fraction of sp³-hybridized carbons (Fsp3) is 0. The van der Waals surface area contributed by atoms with Crippen LogP contribution in [0.4, 0.5) is 0 Å². The maximum absolute atomic E-state index is 6.94. The van der Waals surface area contributed by atoms with Crippen LogP contribution in [0.5, 0.6) is 17.2 Å². The van der Waals surface area contributed by atoms with Crippen LogP contribution >= 0.6 is 0 Å². The summed E-state index contributed by atoms with van der Waals surface area (Å²) in [6.45, 7) is -0.344. The monoisotopic (exact) mass is 716 g/mol. The number of para-hydroxylation sites is 7. The van der Waals surface area contributed by atoms with Crippen molar-refractivity contribution >= 4 is 67.5 Å². The van der Waals surface area contributed by atoms with E-state index in [9.17, 15) is 0 Å². The Morgan fingerprint density at radius 3 is 1.98 bits per heavy atom. The number of nitrogens with zero attached hydrogens (tertiary/aromatic N) is 4. The quantitative estimate of drug-likeness (QED) is 0.171. The summed E-state index contributed by atoms with van der Waals surface area (Å²) >= 11 is 0. The molecule has 56 heavy (non-hydrogen) atoms. The predicted octanol–water partition coefficient (Wildman–Crippen LogP) is 10.5. The van der Waals surface area contributed by atoms with Crippen LogP contribution in [0.1, 0.15) is 0 Å². The van der Waals surface area contributed by atoms with Crippen LogP contribution in [-0.4, -0.2) is 25.4 Å². The SMILES string of the molecule is c1cc(-c2ccc3c(c2)B2Oc4ccccc4-c4cc(-n5c6ccccc6n6c7ccccc7nc56)cc(c42)O3)cc(-n2c3ccccc3c3ccccc32)c1. The van der Waals surface area contributed by atoms with Crippen molar-refractivity contribution in [2.45, 2.75) is 0 Å². The molecular weight excluding hydrogens is 687 g/mol. The molecule has 0 aliphatic carbocycles. The summed E-state index contributed by atoms with van der Waals surface area (Å²) in [5, 5.41) is 2.50. The topological polar surface area (TPSA) is 45.6 Å². The molecule has 11 aromatic rings. The first kappa shape index (κ1) is 29.9. The Bertz CT molecular complexity index is 3410. The number of benzene rings is 8. The third kappa shape index (κ3) is 4.03. The van der Waals surface area contributed by atoms with Gasteiger partial charge in [0.05, 0.1) is 38.8 Å². The second-order valence-corrected chi connectivity index (χ2v) is 14.7. The van der Waals surface area contributed by atoms with E-state index in [1.165, 1.54) is 21.8 Å². The van der Waals surface area contributed by atoms with Gasteiger partial charge in [-0.25, -0.2) is 4.98 Å². The van der Waals surface area contributed by atoms with Gasteiger partial charge in [-0.3, -0.25) is 8.97 Å². The Hall–Kier alpha value is -7.51. The van der Waals surface area contributed by atoms with Crippen molar-refractivity contribution in [1.82, 2.24) is 18.5 Å². The largest absolute Gasteiger partial charge is 0.551 e. The lowest BCUT2D eigenvalue weighted by Crippen LogP contribution is -2.53. The van der Waals surface area contributed by atoms with Crippen LogP contribution in [0, 0.1) is 0 Å². The van der Waals surface area contributed by atoms with Gasteiger partial charge in [0.25, 0.3) is 0 Å². The van der Waals surface area contributed by atoms with Crippen molar-refractivity contribution in [1.29, 1.82) is 0 Å². The summed E-state index contributed by atoms with van der Waals surface area (Å²) in [5.74, 6) is 3.30. The van der Waals surface area contributed by atoms with Crippen LogP contribution in [-0.2, 0) is 0 Å². The molecule has 0 N–H and O–H groups in total. The summed E-state index contributed by atoms with van der Waals surface area (Å²) in [4.78, 5) is 5.16. The van der Waals surface area contributed by atoms with E-state index < -0.39 is 0 Å². The van der Waals surface area contributed by atoms with Crippen molar-refractivity contribution in [2.75, 3.05) is 0 Å². The highest BCUT2D eigenvalue weighted by atomic mass is 16.5. The minimum absolute atomic E-state index is 0.344. The molecule has 0 atom stereocenters. The molecule has 0 bridgehead atoms. The molecule has 0 saturated heterocycles. The molecule has 5 heterocycles. The Kier molecular flexibility index (Phi) is 5.89. The van der Waals surface area contributed by atoms with Gasteiger partial charge in [0.1, 0.15) is 17.2 Å². The van der Waals surface area contributed by atoms with Crippen LogP contribution in [0.2, 0.25) is 0 Å². The maximum atomic E-state index is 6.94. The van der Waals surface area contributed by atoms with Gasteiger partial charge in [0.2, 0.25) is 5.78 Å². The maximum Gasteiger partial charge on any atom is 0.434 e. The van der Waals surface area contributed by atoms with Crippen molar-refractivity contribution in [3.8, 4) is 50.9 Å². The average molecular weight is 717 g/mol. The second kappa shape index (κ2) is 11.0. The van der Waals surface area contributed by atoms with E-state index in [-0.39, 0.29) is 6.92 Å². The standard InChI is InChI=1S/C49H29BN4O2/c1-5-18-40-34(14-1)35-15-2-6-19-41(35)52(40)32-13-11-12-30(26-32)31-24-25-46-38(27-31)50-48-37(36-16-3-10-23-45(36)56-50)28-33(29-47(48)55-46)53-43-21-8-9-22-44(43)54-42-20-7-4-17-39(42)51-49(53)54/h1-29H. The molecule has 2 aliphatic heterocycles. The third-order valence-corrected chi connectivity index (χ3v) is 11.7. The van der Waals surface area contributed by atoms with E-state index in [0.29, 0.717) is 0 Å². The molecular formula is C49H29BN4O2. The Morgan fingerprint density at radius 1 is 0.446 bits per heavy atom.